The van der Waals surface area contributed by atoms with Crippen LogP contribution in [0.1, 0.15) is 27.0 Å². The highest BCUT2D eigenvalue weighted by Gasteiger charge is 2.50. The van der Waals surface area contributed by atoms with Crippen LogP contribution in [-0.4, -0.2) is 57.0 Å². The first kappa shape index (κ1) is 21.0. The molecule has 0 aliphatic carbocycles. The van der Waals surface area contributed by atoms with Crippen molar-refractivity contribution in [2.45, 2.75) is 57.5 Å². The van der Waals surface area contributed by atoms with Gasteiger partial charge in [0, 0.05) is 19.4 Å². The number of aromatic nitrogens is 2. The van der Waals surface area contributed by atoms with Crippen LogP contribution in [0.15, 0.2) is 21.9 Å². The molecule has 0 radical (unpaired) electrons. The van der Waals surface area contributed by atoms with E-state index in [4.69, 9.17) is 28.5 Å². The van der Waals surface area contributed by atoms with Crippen LogP contribution in [0.3, 0.4) is 0 Å². The summed E-state index contributed by atoms with van der Waals surface area (Å²) in [5, 5.41) is 0. The maximum atomic E-state index is 12.1. The van der Waals surface area contributed by atoms with Gasteiger partial charge in [0.25, 0.3) is 5.56 Å². The van der Waals surface area contributed by atoms with Crippen LogP contribution < -0.4 is 11.2 Å². The first-order valence-corrected chi connectivity index (χ1v) is 9.45. The third-order valence-electron chi connectivity index (χ3n) is 3.82. The molecule has 5 atom stereocenters. The number of aromatic amines is 1. The first-order chi connectivity index (χ1) is 12.0. The van der Waals surface area contributed by atoms with E-state index in [1.165, 1.54) is 20.2 Å². The summed E-state index contributed by atoms with van der Waals surface area (Å²) in [6.07, 6.45) is -3.53. The molecule has 3 N–H and O–H groups in total. The van der Waals surface area contributed by atoms with E-state index in [9.17, 15) is 14.2 Å². The molecule has 148 valence electrons. The first-order valence-electron chi connectivity index (χ1n) is 7.92. The monoisotopic (exact) mass is 394 g/mol. The van der Waals surface area contributed by atoms with E-state index < -0.39 is 49.7 Å². The van der Waals surface area contributed by atoms with E-state index in [1.54, 1.807) is 13.8 Å². The molecule has 0 bridgehead atoms. The standard InChI is InChI=1S/C14H23N2O9P/c1-7(2)23-11-10(8(3)25-26(19,20)21)24-13(12(11)22-4)16-6-5-9(17)15-14(16)18/h5-8,10-13H,1-4H3,(H,15,17,18)(H2,19,20,21)/t8?,10-,11+,12+,13-/m1/s1. The largest absolute Gasteiger partial charge is 0.469 e. The normalized spacial score (nSPS) is 27.8. The van der Waals surface area contributed by atoms with Gasteiger partial charge in [-0.15, -0.1) is 0 Å². The molecular weight excluding hydrogens is 371 g/mol. The third kappa shape index (κ3) is 4.89. The summed E-state index contributed by atoms with van der Waals surface area (Å²) < 4.78 is 34.1. The third-order valence-corrected chi connectivity index (χ3v) is 4.43. The van der Waals surface area contributed by atoms with Crippen LogP contribution in [0.2, 0.25) is 0 Å². The Labute approximate surface area is 149 Å². The lowest BCUT2D eigenvalue weighted by molar-refractivity contribution is -0.101. The van der Waals surface area contributed by atoms with Crippen LogP contribution >= 0.6 is 7.82 Å². The van der Waals surface area contributed by atoms with Gasteiger partial charge in [0.05, 0.1) is 12.2 Å². The fourth-order valence-corrected chi connectivity index (χ4v) is 3.44. The summed E-state index contributed by atoms with van der Waals surface area (Å²) >= 11 is 0. The highest BCUT2D eigenvalue weighted by molar-refractivity contribution is 7.46. The van der Waals surface area contributed by atoms with Crippen LogP contribution in [0.5, 0.6) is 0 Å². The van der Waals surface area contributed by atoms with E-state index in [-0.39, 0.29) is 6.10 Å². The van der Waals surface area contributed by atoms with Gasteiger partial charge >= 0.3 is 13.5 Å². The van der Waals surface area contributed by atoms with Crippen molar-refractivity contribution in [3.05, 3.63) is 33.1 Å². The maximum absolute atomic E-state index is 12.1. The minimum absolute atomic E-state index is 0.253. The lowest BCUT2D eigenvalue weighted by Crippen LogP contribution is -2.43. The molecule has 1 unspecified atom stereocenters. The van der Waals surface area contributed by atoms with Crippen LogP contribution in [0.25, 0.3) is 0 Å². The van der Waals surface area contributed by atoms with Gasteiger partial charge in [-0.2, -0.15) is 0 Å². The molecule has 1 fully saturated rings. The minimum atomic E-state index is -4.76. The van der Waals surface area contributed by atoms with Crippen molar-refractivity contribution >= 4 is 7.82 Å². The molecule has 26 heavy (non-hydrogen) atoms. The van der Waals surface area contributed by atoms with Crippen molar-refractivity contribution in [2.24, 2.45) is 0 Å². The molecule has 1 saturated heterocycles. The number of hydrogen-bond donors (Lipinski definition) is 3. The lowest BCUT2D eigenvalue weighted by Gasteiger charge is -2.28. The average molecular weight is 394 g/mol. The number of rotatable bonds is 7. The number of methoxy groups -OCH3 is 1. The van der Waals surface area contributed by atoms with E-state index in [1.807, 2.05) is 0 Å². The number of H-pyrrole nitrogens is 1. The predicted octanol–water partition coefficient (Wildman–Crippen LogP) is -0.260. The SMILES string of the molecule is CO[C@H]1[C@@H](OC(C)C)[C@@H](C(C)OP(=O)(O)O)O[C@H]1n1ccc(=O)[nH]c1=O. The van der Waals surface area contributed by atoms with Crippen LogP contribution in [0, 0.1) is 0 Å². The molecule has 0 saturated carbocycles. The molecule has 1 aromatic heterocycles. The second-order valence-electron chi connectivity index (χ2n) is 6.16. The number of nitrogens with one attached hydrogen (secondary N) is 1. The summed E-state index contributed by atoms with van der Waals surface area (Å²) in [6, 6.07) is 1.15. The average Bonchev–Trinajstić information content (AvgIpc) is 2.83. The zero-order chi connectivity index (χ0) is 19.6. The fourth-order valence-electron chi connectivity index (χ4n) is 2.89. The van der Waals surface area contributed by atoms with Gasteiger partial charge in [-0.05, 0) is 20.8 Å². The lowest BCUT2D eigenvalue weighted by atomic mass is 10.1. The summed E-state index contributed by atoms with van der Waals surface area (Å²) in [5.41, 5.74) is -1.28. The second kappa shape index (κ2) is 8.13. The minimum Gasteiger partial charge on any atom is -0.374 e. The molecule has 0 aromatic carbocycles. The molecule has 2 rings (SSSR count). The van der Waals surface area contributed by atoms with Gasteiger partial charge in [0.1, 0.15) is 18.3 Å². The molecule has 12 heteroatoms. The van der Waals surface area contributed by atoms with Gasteiger partial charge < -0.3 is 24.0 Å². The van der Waals surface area contributed by atoms with Crippen molar-refractivity contribution < 1.29 is 33.1 Å². The summed E-state index contributed by atoms with van der Waals surface area (Å²) in [5.74, 6) is 0. The van der Waals surface area contributed by atoms with Crippen LogP contribution in [0.4, 0.5) is 0 Å². The van der Waals surface area contributed by atoms with Crippen molar-refractivity contribution in [3.63, 3.8) is 0 Å². The quantitative estimate of drug-likeness (QED) is 0.532. The number of nitrogens with zero attached hydrogens (tertiary/aromatic N) is 1. The second-order valence-corrected chi connectivity index (χ2v) is 7.35. The summed E-state index contributed by atoms with van der Waals surface area (Å²) in [6.45, 7) is 4.97. The molecule has 0 amide bonds. The molecule has 0 spiro atoms. The molecule has 1 aliphatic heterocycles. The van der Waals surface area contributed by atoms with Crippen molar-refractivity contribution in [3.8, 4) is 0 Å². The molecule has 1 aliphatic rings. The van der Waals surface area contributed by atoms with E-state index in [0.29, 0.717) is 0 Å². The van der Waals surface area contributed by atoms with Crippen molar-refractivity contribution in [1.82, 2.24) is 9.55 Å². The Bertz CT molecular complexity index is 770. The van der Waals surface area contributed by atoms with Gasteiger partial charge in [0.2, 0.25) is 0 Å². The zero-order valence-corrected chi connectivity index (χ0v) is 15.7. The predicted molar refractivity (Wildman–Crippen MR) is 88.6 cm³/mol. The summed E-state index contributed by atoms with van der Waals surface area (Å²) in [7, 11) is -3.37. The smallest absolute Gasteiger partial charge is 0.374 e. The Hall–Kier alpha value is -1.33. The Morgan fingerprint density at radius 1 is 1.27 bits per heavy atom. The highest BCUT2D eigenvalue weighted by Crippen LogP contribution is 2.42. The van der Waals surface area contributed by atoms with Crippen LogP contribution in [-0.2, 0) is 23.3 Å². The molecule has 2 heterocycles. The fraction of sp³-hybridized carbons (Fsp3) is 0.714. The highest BCUT2D eigenvalue weighted by atomic mass is 31.2. The maximum Gasteiger partial charge on any atom is 0.469 e. The Morgan fingerprint density at radius 2 is 1.92 bits per heavy atom. The van der Waals surface area contributed by atoms with Gasteiger partial charge in [0.15, 0.2) is 6.23 Å². The Morgan fingerprint density at radius 3 is 2.42 bits per heavy atom. The van der Waals surface area contributed by atoms with E-state index >= 15 is 0 Å². The van der Waals surface area contributed by atoms with E-state index in [2.05, 4.69) is 4.98 Å². The number of phosphoric ester groups is 1. The molecular formula is C14H23N2O9P. The molecule has 1 aromatic rings. The number of phosphoric acid groups is 1. The van der Waals surface area contributed by atoms with Gasteiger partial charge in [-0.3, -0.25) is 18.9 Å². The van der Waals surface area contributed by atoms with Gasteiger partial charge in [-0.1, -0.05) is 0 Å². The zero-order valence-electron chi connectivity index (χ0n) is 14.8. The van der Waals surface area contributed by atoms with Gasteiger partial charge in [-0.25, -0.2) is 9.36 Å². The van der Waals surface area contributed by atoms with E-state index in [0.717, 1.165) is 10.6 Å². The topological polar surface area (TPSA) is 149 Å². The molecule has 11 nitrogen and oxygen atoms in total. The summed E-state index contributed by atoms with van der Waals surface area (Å²) in [4.78, 5) is 43.6. The van der Waals surface area contributed by atoms with Crippen molar-refractivity contribution in [1.29, 1.82) is 0 Å². The van der Waals surface area contributed by atoms with Crippen molar-refractivity contribution in [2.75, 3.05) is 7.11 Å². The Balaban J connectivity index is 2.40. The number of hydrogen-bond acceptors (Lipinski definition) is 7. The Kier molecular flexibility index (Phi) is 6.56. The number of ether oxygens (including phenoxy) is 3.